The Hall–Kier alpha value is -0.290. The Kier molecular flexibility index (Phi) is 2.47. The summed E-state index contributed by atoms with van der Waals surface area (Å²) in [6.45, 7) is 0. The third-order valence-corrected chi connectivity index (χ3v) is 3.72. The van der Waals surface area contributed by atoms with Gasteiger partial charge in [0.15, 0.2) is 0 Å². The molecule has 3 heteroatoms. The summed E-state index contributed by atoms with van der Waals surface area (Å²) in [5, 5.41) is 2.38. The molecule has 13 heavy (non-hydrogen) atoms. The quantitative estimate of drug-likeness (QED) is 0.569. The first-order chi connectivity index (χ1) is 6.20. The SMILES string of the molecule is Nc1c(I)cc2ccccc2c1Br. The molecule has 0 amide bonds. The summed E-state index contributed by atoms with van der Waals surface area (Å²) in [7, 11) is 0. The zero-order chi connectivity index (χ0) is 9.42. The summed E-state index contributed by atoms with van der Waals surface area (Å²) in [5.41, 5.74) is 6.71. The third-order valence-electron chi connectivity index (χ3n) is 1.97. The summed E-state index contributed by atoms with van der Waals surface area (Å²) >= 11 is 5.74. The minimum Gasteiger partial charge on any atom is -0.397 e. The van der Waals surface area contributed by atoms with Crippen molar-refractivity contribution < 1.29 is 0 Å². The Morgan fingerprint density at radius 3 is 2.69 bits per heavy atom. The van der Waals surface area contributed by atoms with Gasteiger partial charge in [-0.05, 0) is 55.4 Å². The fraction of sp³-hybridized carbons (Fsp3) is 0. The molecule has 0 fully saturated rings. The average Bonchev–Trinajstić information content (AvgIpc) is 2.15. The van der Waals surface area contributed by atoms with Crippen molar-refractivity contribution >= 4 is 55.0 Å². The van der Waals surface area contributed by atoms with Crippen molar-refractivity contribution in [2.45, 2.75) is 0 Å². The molecule has 0 spiro atoms. The minimum atomic E-state index is 0.819. The first kappa shape index (κ1) is 9.27. The van der Waals surface area contributed by atoms with E-state index < -0.39 is 0 Å². The molecule has 0 radical (unpaired) electrons. The van der Waals surface area contributed by atoms with E-state index >= 15 is 0 Å². The number of hydrogen-bond acceptors (Lipinski definition) is 1. The molecule has 0 bridgehead atoms. The van der Waals surface area contributed by atoms with Gasteiger partial charge in [0.2, 0.25) is 0 Å². The highest BCUT2D eigenvalue weighted by atomic mass is 127. The molecule has 0 unspecified atom stereocenters. The van der Waals surface area contributed by atoms with E-state index in [9.17, 15) is 0 Å². The van der Waals surface area contributed by atoms with Gasteiger partial charge in [-0.3, -0.25) is 0 Å². The minimum absolute atomic E-state index is 0.819. The van der Waals surface area contributed by atoms with Crippen LogP contribution in [0.5, 0.6) is 0 Å². The van der Waals surface area contributed by atoms with Crippen LogP contribution in [-0.4, -0.2) is 0 Å². The summed E-state index contributed by atoms with van der Waals surface area (Å²) < 4.78 is 2.08. The van der Waals surface area contributed by atoms with Gasteiger partial charge in [-0.2, -0.15) is 0 Å². The van der Waals surface area contributed by atoms with E-state index in [1.54, 1.807) is 0 Å². The highest BCUT2D eigenvalue weighted by Gasteiger charge is 2.05. The molecule has 2 aromatic rings. The van der Waals surface area contributed by atoms with Crippen LogP contribution in [-0.2, 0) is 0 Å². The van der Waals surface area contributed by atoms with E-state index in [2.05, 4.69) is 56.7 Å². The van der Waals surface area contributed by atoms with Crippen LogP contribution < -0.4 is 5.73 Å². The van der Waals surface area contributed by atoms with Crippen molar-refractivity contribution in [3.63, 3.8) is 0 Å². The van der Waals surface area contributed by atoms with Crippen molar-refractivity contribution in [3.8, 4) is 0 Å². The van der Waals surface area contributed by atoms with Crippen molar-refractivity contribution in [2.24, 2.45) is 0 Å². The molecule has 0 atom stereocenters. The fourth-order valence-electron chi connectivity index (χ4n) is 1.29. The van der Waals surface area contributed by atoms with Crippen LogP contribution in [0.3, 0.4) is 0 Å². The highest BCUT2D eigenvalue weighted by Crippen LogP contribution is 2.33. The second-order valence-electron chi connectivity index (χ2n) is 2.81. The number of nitrogens with two attached hydrogens (primary N) is 1. The van der Waals surface area contributed by atoms with Crippen LogP contribution in [0.4, 0.5) is 5.69 Å². The molecule has 0 aromatic heterocycles. The topological polar surface area (TPSA) is 26.0 Å². The second-order valence-corrected chi connectivity index (χ2v) is 4.76. The van der Waals surface area contributed by atoms with E-state index in [4.69, 9.17) is 5.73 Å². The standard InChI is InChI=1S/C10H7BrIN/c11-9-7-4-2-1-3-6(7)5-8(12)10(9)13/h1-5H,13H2. The van der Waals surface area contributed by atoms with Gasteiger partial charge in [-0.1, -0.05) is 24.3 Å². The van der Waals surface area contributed by atoms with Crippen LogP contribution in [0.2, 0.25) is 0 Å². The van der Waals surface area contributed by atoms with Gasteiger partial charge in [0.25, 0.3) is 0 Å². The Morgan fingerprint density at radius 1 is 1.23 bits per heavy atom. The predicted molar refractivity (Wildman–Crippen MR) is 68.8 cm³/mol. The van der Waals surface area contributed by atoms with E-state index in [0.29, 0.717) is 0 Å². The Morgan fingerprint density at radius 2 is 1.92 bits per heavy atom. The second kappa shape index (κ2) is 3.46. The van der Waals surface area contributed by atoms with Gasteiger partial charge >= 0.3 is 0 Å². The van der Waals surface area contributed by atoms with Crippen LogP contribution in [0.1, 0.15) is 0 Å². The molecule has 0 heterocycles. The molecule has 2 rings (SSSR count). The number of anilines is 1. The number of hydrogen-bond donors (Lipinski definition) is 1. The predicted octanol–water partition coefficient (Wildman–Crippen LogP) is 3.79. The lowest BCUT2D eigenvalue weighted by Gasteiger charge is -2.05. The van der Waals surface area contributed by atoms with Gasteiger partial charge < -0.3 is 5.73 Å². The summed E-state index contributed by atoms with van der Waals surface area (Å²) in [4.78, 5) is 0. The van der Waals surface area contributed by atoms with Gasteiger partial charge in [-0.25, -0.2) is 0 Å². The van der Waals surface area contributed by atoms with E-state index in [1.165, 1.54) is 10.8 Å². The number of nitrogen functional groups attached to an aromatic ring is 1. The molecule has 1 nitrogen and oxygen atoms in total. The maximum atomic E-state index is 5.89. The molecular weight excluding hydrogens is 341 g/mol. The van der Waals surface area contributed by atoms with E-state index in [1.807, 2.05) is 12.1 Å². The molecule has 2 N–H and O–H groups in total. The normalized spacial score (nSPS) is 10.6. The third kappa shape index (κ3) is 1.55. The number of halogens is 2. The van der Waals surface area contributed by atoms with Gasteiger partial charge in [-0.15, -0.1) is 0 Å². The lowest BCUT2D eigenvalue weighted by Crippen LogP contribution is -1.91. The fourth-order valence-corrected chi connectivity index (χ4v) is 2.84. The maximum Gasteiger partial charge on any atom is 0.0600 e. The number of rotatable bonds is 0. The van der Waals surface area contributed by atoms with Crippen LogP contribution in [0.25, 0.3) is 10.8 Å². The average molecular weight is 348 g/mol. The summed E-state index contributed by atoms with van der Waals surface area (Å²) in [6.07, 6.45) is 0. The molecule has 0 saturated carbocycles. The molecule has 66 valence electrons. The van der Waals surface area contributed by atoms with E-state index in [-0.39, 0.29) is 0 Å². The van der Waals surface area contributed by atoms with Crippen molar-refractivity contribution in [3.05, 3.63) is 38.4 Å². The van der Waals surface area contributed by atoms with Crippen LogP contribution >= 0.6 is 38.5 Å². The molecule has 2 aromatic carbocycles. The Labute approximate surface area is 98.6 Å². The molecule has 0 aliphatic heterocycles. The number of benzene rings is 2. The lowest BCUT2D eigenvalue weighted by molar-refractivity contribution is 1.64. The highest BCUT2D eigenvalue weighted by molar-refractivity contribution is 14.1. The van der Waals surface area contributed by atoms with E-state index in [0.717, 1.165) is 13.7 Å². The largest absolute Gasteiger partial charge is 0.397 e. The van der Waals surface area contributed by atoms with Gasteiger partial charge in [0, 0.05) is 8.04 Å². The Balaban J connectivity index is 2.94. The van der Waals surface area contributed by atoms with Gasteiger partial charge in [0.1, 0.15) is 0 Å². The molecule has 0 aliphatic rings. The smallest absolute Gasteiger partial charge is 0.0600 e. The Bertz CT molecular complexity index is 468. The summed E-state index contributed by atoms with van der Waals surface area (Å²) in [6, 6.07) is 10.3. The lowest BCUT2D eigenvalue weighted by atomic mass is 10.1. The summed E-state index contributed by atoms with van der Waals surface area (Å²) in [5.74, 6) is 0. The van der Waals surface area contributed by atoms with Crippen LogP contribution in [0, 0.1) is 3.57 Å². The molecule has 0 aliphatic carbocycles. The zero-order valence-corrected chi connectivity index (χ0v) is 10.5. The van der Waals surface area contributed by atoms with Crippen molar-refractivity contribution in [1.82, 2.24) is 0 Å². The number of fused-ring (bicyclic) bond motifs is 1. The van der Waals surface area contributed by atoms with Crippen molar-refractivity contribution in [1.29, 1.82) is 0 Å². The molecule has 0 saturated heterocycles. The first-order valence-corrected chi connectivity index (χ1v) is 5.69. The monoisotopic (exact) mass is 347 g/mol. The first-order valence-electron chi connectivity index (χ1n) is 3.82. The maximum absolute atomic E-state index is 5.89. The van der Waals surface area contributed by atoms with Crippen molar-refractivity contribution in [2.75, 3.05) is 5.73 Å². The molecular formula is C10H7BrIN. The van der Waals surface area contributed by atoms with Gasteiger partial charge in [0.05, 0.1) is 5.69 Å². The van der Waals surface area contributed by atoms with Crippen LogP contribution in [0.15, 0.2) is 34.8 Å². The zero-order valence-electron chi connectivity index (χ0n) is 6.72.